The van der Waals surface area contributed by atoms with E-state index in [0.717, 1.165) is 6.42 Å². The largest absolute Gasteiger partial charge is 0.323 e. The molecule has 0 saturated carbocycles. The van der Waals surface area contributed by atoms with Gasteiger partial charge in [0, 0.05) is 11.9 Å². The number of benzene rings is 2. The first-order valence-corrected chi connectivity index (χ1v) is 8.19. The predicted octanol–water partition coefficient (Wildman–Crippen LogP) is 3.91. The van der Waals surface area contributed by atoms with Crippen LogP contribution in [-0.2, 0) is 6.42 Å². The van der Waals surface area contributed by atoms with Crippen LogP contribution < -0.4 is 10.6 Å². The van der Waals surface area contributed by atoms with Gasteiger partial charge in [0.1, 0.15) is 11.8 Å². The Balaban J connectivity index is 1.75. The molecule has 0 spiro atoms. The molecule has 3 aromatic rings. The van der Waals surface area contributed by atoms with E-state index in [1.54, 1.807) is 24.3 Å². The summed E-state index contributed by atoms with van der Waals surface area (Å²) < 4.78 is 0. The number of para-hydroxylation sites is 1. The molecule has 2 N–H and O–H groups in total. The van der Waals surface area contributed by atoms with E-state index in [4.69, 9.17) is 5.26 Å². The lowest BCUT2D eigenvalue weighted by molar-refractivity contribution is 0.102. The Bertz CT molecular complexity index is 960. The molecular weight excluding hydrogens is 326 g/mol. The van der Waals surface area contributed by atoms with Gasteiger partial charge in [-0.3, -0.25) is 4.79 Å². The number of hydrogen-bond donors (Lipinski definition) is 2. The van der Waals surface area contributed by atoms with Gasteiger partial charge in [-0.15, -0.1) is 0 Å². The van der Waals surface area contributed by atoms with Crippen LogP contribution in [0.2, 0.25) is 0 Å². The molecule has 0 aliphatic rings. The topological polar surface area (TPSA) is 90.7 Å². The van der Waals surface area contributed by atoms with Crippen LogP contribution in [0.3, 0.4) is 0 Å². The van der Waals surface area contributed by atoms with Gasteiger partial charge in [0.2, 0.25) is 5.95 Å². The summed E-state index contributed by atoms with van der Waals surface area (Å²) in [6.07, 6.45) is 2.44. The van der Waals surface area contributed by atoms with E-state index in [1.807, 2.05) is 24.3 Å². The quantitative estimate of drug-likeness (QED) is 0.733. The molecule has 2 aromatic carbocycles. The lowest BCUT2D eigenvalue weighted by atomic mass is 10.1. The van der Waals surface area contributed by atoms with Crippen LogP contribution in [0.4, 0.5) is 17.3 Å². The lowest BCUT2D eigenvalue weighted by Gasteiger charge is -2.08. The molecular formula is C20H17N5O. The van der Waals surface area contributed by atoms with Crippen molar-refractivity contribution in [3.05, 3.63) is 77.6 Å². The van der Waals surface area contributed by atoms with Gasteiger partial charge in [0.25, 0.3) is 5.91 Å². The van der Waals surface area contributed by atoms with Gasteiger partial charge in [-0.05, 0) is 42.3 Å². The summed E-state index contributed by atoms with van der Waals surface area (Å²) in [6.45, 7) is 2.08. The number of carbonyl (C=O) groups excluding carboxylic acids is 1. The molecule has 26 heavy (non-hydrogen) atoms. The SMILES string of the molecule is CCc1ccc(NC(=O)c2ccnc(Nc3ccccc3C#N)n2)cc1. The molecule has 0 saturated heterocycles. The van der Waals surface area contributed by atoms with Crippen molar-refractivity contribution in [3.63, 3.8) is 0 Å². The smallest absolute Gasteiger partial charge is 0.274 e. The fourth-order valence-electron chi connectivity index (χ4n) is 2.37. The van der Waals surface area contributed by atoms with Crippen LogP contribution in [-0.4, -0.2) is 15.9 Å². The maximum absolute atomic E-state index is 12.4. The molecule has 0 radical (unpaired) electrons. The number of amides is 1. The molecule has 128 valence electrons. The van der Waals surface area contributed by atoms with Gasteiger partial charge in [0.15, 0.2) is 0 Å². The molecule has 1 heterocycles. The zero-order valence-electron chi connectivity index (χ0n) is 14.2. The highest BCUT2D eigenvalue weighted by Gasteiger charge is 2.10. The average Bonchev–Trinajstić information content (AvgIpc) is 2.69. The van der Waals surface area contributed by atoms with E-state index in [9.17, 15) is 4.79 Å². The Morgan fingerprint density at radius 1 is 1.12 bits per heavy atom. The summed E-state index contributed by atoms with van der Waals surface area (Å²) in [5.41, 5.74) is 3.20. The van der Waals surface area contributed by atoms with Crippen molar-refractivity contribution in [2.45, 2.75) is 13.3 Å². The summed E-state index contributed by atoms with van der Waals surface area (Å²) in [6, 6.07) is 18.3. The normalized spacial score (nSPS) is 10.0. The number of nitrogens with one attached hydrogen (secondary N) is 2. The Kier molecular flexibility index (Phi) is 5.20. The zero-order valence-corrected chi connectivity index (χ0v) is 14.2. The van der Waals surface area contributed by atoms with Crippen molar-refractivity contribution in [1.82, 2.24) is 9.97 Å². The lowest BCUT2D eigenvalue weighted by Crippen LogP contribution is -2.14. The molecule has 0 unspecified atom stereocenters. The van der Waals surface area contributed by atoms with Crippen molar-refractivity contribution in [2.24, 2.45) is 0 Å². The second-order valence-electron chi connectivity index (χ2n) is 5.55. The Hall–Kier alpha value is -3.72. The minimum absolute atomic E-state index is 0.233. The molecule has 0 aliphatic heterocycles. The number of carbonyl (C=O) groups is 1. The van der Waals surface area contributed by atoms with E-state index in [2.05, 4.69) is 33.6 Å². The van der Waals surface area contributed by atoms with Crippen molar-refractivity contribution in [1.29, 1.82) is 5.26 Å². The number of rotatable bonds is 5. The van der Waals surface area contributed by atoms with Crippen LogP contribution in [0.5, 0.6) is 0 Å². The molecule has 6 nitrogen and oxygen atoms in total. The molecule has 0 aliphatic carbocycles. The first-order chi connectivity index (χ1) is 12.7. The fraction of sp³-hybridized carbons (Fsp3) is 0.100. The molecule has 0 atom stereocenters. The molecule has 6 heteroatoms. The monoisotopic (exact) mass is 343 g/mol. The Labute approximate surface area is 151 Å². The van der Waals surface area contributed by atoms with Crippen molar-refractivity contribution >= 4 is 23.2 Å². The molecule has 3 rings (SSSR count). The summed E-state index contributed by atoms with van der Waals surface area (Å²) in [5.74, 6) is -0.0741. The van der Waals surface area contributed by atoms with E-state index < -0.39 is 0 Å². The van der Waals surface area contributed by atoms with E-state index in [0.29, 0.717) is 16.9 Å². The number of nitrogens with zero attached hydrogens (tertiary/aromatic N) is 3. The summed E-state index contributed by atoms with van der Waals surface area (Å²) in [5, 5.41) is 14.9. The van der Waals surface area contributed by atoms with Crippen LogP contribution in [0.15, 0.2) is 60.8 Å². The molecule has 1 aromatic heterocycles. The standard InChI is InChI=1S/C20H17N5O/c1-2-14-7-9-16(10-8-14)23-19(26)18-11-12-22-20(25-18)24-17-6-4-3-5-15(17)13-21/h3-12H,2H2,1H3,(H,23,26)(H,22,24,25). The third-order valence-corrected chi connectivity index (χ3v) is 3.80. The van der Waals surface area contributed by atoms with E-state index in [1.165, 1.54) is 17.8 Å². The number of anilines is 3. The first-order valence-electron chi connectivity index (χ1n) is 8.19. The van der Waals surface area contributed by atoms with Crippen LogP contribution >= 0.6 is 0 Å². The third kappa shape index (κ3) is 4.02. The van der Waals surface area contributed by atoms with Crippen LogP contribution in [0, 0.1) is 11.3 Å². The number of nitriles is 1. The fourth-order valence-corrected chi connectivity index (χ4v) is 2.37. The van der Waals surface area contributed by atoms with Crippen molar-refractivity contribution in [2.75, 3.05) is 10.6 Å². The number of aryl methyl sites for hydroxylation is 1. The van der Waals surface area contributed by atoms with Crippen molar-refractivity contribution < 1.29 is 4.79 Å². The zero-order chi connectivity index (χ0) is 18.4. The number of aromatic nitrogens is 2. The highest BCUT2D eigenvalue weighted by atomic mass is 16.1. The Morgan fingerprint density at radius 3 is 2.62 bits per heavy atom. The predicted molar refractivity (Wildman–Crippen MR) is 100 cm³/mol. The van der Waals surface area contributed by atoms with Gasteiger partial charge < -0.3 is 10.6 Å². The second kappa shape index (κ2) is 7.90. The van der Waals surface area contributed by atoms with Gasteiger partial charge >= 0.3 is 0 Å². The van der Waals surface area contributed by atoms with Gasteiger partial charge in [0.05, 0.1) is 11.3 Å². The van der Waals surface area contributed by atoms with E-state index in [-0.39, 0.29) is 17.5 Å². The summed E-state index contributed by atoms with van der Waals surface area (Å²) >= 11 is 0. The molecule has 0 bridgehead atoms. The van der Waals surface area contributed by atoms with Gasteiger partial charge in [-0.25, -0.2) is 9.97 Å². The molecule has 1 amide bonds. The maximum Gasteiger partial charge on any atom is 0.274 e. The van der Waals surface area contributed by atoms with Crippen LogP contribution in [0.25, 0.3) is 0 Å². The Morgan fingerprint density at radius 2 is 1.88 bits per heavy atom. The van der Waals surface area contributed by atoms with E-state index >= 15 is 0 Å². The minimum atomic E-state index is -0.326. The minimum Gasteiger partial charge on any atom is -0.323 e. The summed E-state index contributed by atoms with van der Waals surface area (Å²) in [7, 11) is 0. The maximum atomic E-state index is 12.4. The third-order valence-electron chi connectivity index (χ3n) is 3.80. The number of hydrogen-bond acceptors (Lipinski definition) is 5. The average molecular weight is 343 g/mol. The van der Waals surface area contributed by atoms with Crippen LogP contribution in [0.1, 0.15) is 28.5 Å². The highest BCUT2D eigenvalue weighted by molar-refractivity contribution is 6.03. The first kappa shape index (κ1) is 17.1. The van der Waals surface area contributed by atoms with Gasteiger partial charge in [-0.2, -0.15) is 5.26 Å². The van der Waals surface area contributed by atoms with Gasteiger partial charge in [-0.1, -0.05) is 31.2 Å². The second-order valence-corrected chi connectivity index (χ2v) is 5.55. The van der Waals surface area contributed by atoms with Crippen molar-refractivity contribution in [3.8, 4) is 6.07 Å². The molecule has 0 fully saturated rings. The highest BCUT2D eigenvalue weighted by Crippen LogP contribution is 2.18. The summed E-state index contributed by atoms with van der Waals surface area (Å²) in [4.78, 5) is 20.8.